The van der Waals surface area contributed by atoms with E-state index in [2.05, 4.69) is 25.9 Å². The molecule has 0 aliphatic heterocycles. The summed E-state index contributed by atoms with van der Waals surface area (Å²) < 4.78 is 0. The van der Waals surface area contributed by atoms with Crippen molar-refractivity contribution in [3.8, 4) is 0 Å². The Bertz CT molecular complexity index is 170. The molecule has 0 spiro atoms. The molecule has 2 aliphatic rings. The lowest BCUT2D eigenvalue weighted by atomic mass is 9.65. The molecule has 2 fully saturated rings. The summed E-state index contributed by atoms with van der Waals surface area (Å²) in [5.74, 6) is 4.16. The zero-order valence-corrected chi connectivity index (χ0v) is 10.00. The van der Waals surface area contributed by atoms with Crippen LogP contribution >= 0.6 is 0 Å². The van der Waals surface area contributed by atoms with E-state index in [0.29, 0.717) is 0 Å². The van der Waals surface area contributed by atoms with Crippen LogP contribution in [0.4, 0.5) is 0 Å². The van der Waals surface area contributed by atoms with E-state index in [0.717, 1.165) is 23.7 Å². The van der Waals surface area contributed by atoms with Gasteiger partial charge in [0.2, 0.25) is 0 Å². The van der Waals surface area contributed by atoms with Crippen LogP contribution < -0.4 is 0 Å². The van der Waals surface area contributed by atoms with Crippen molar-refractivity contribution in [3.05, 3.63) is 0 Å². The molecule has 0 aromatic carbocycles. The second kappa shape index (κ2) is 4.22. The van der Waals surface area contributed by atoms with Gasteiger partial charge in [0.1, 0.15) is 0 Å². The van der Waals surface area contributed by atoms with Crippen LogP contribution in [0.5, 0.6) is 0 Å². The monoisotopic (exact) mass is 195 g/mol. The van der Waals surface area contributed by atoms with Crippen LogP contribution in [0.1, 0.15) is 39.0 Å². The third-order valence-corrected chi connectivity index (χ3v) is 4.09. The molecule has 0 radical (unpaired) electrons. The molecular weight excluding hydrogens is 170 g/mol. The highest BCUT2D eigenvalue weighted by Gasteiger charge is 2.34. The fourth-order valence-electron chi connectivity index (χ4n) is 3.99. The smallest absolute Gasteiger partial charge is 0.000376 e. The molecular formula is C13H25N. The first kappa shape index (κ1) is 10.5. The minimum atomic E-state index is 1.00. The molecule has 2 aliphatic carbocycles. The van der Waals surface area contributed by atoms with Crippen molar-refractivity contribution in [2.24, 2.45) is 23.7 Å². The molecule has 0 saturated heterocycles. The Morgan fingerprint density at radius 2 is 1.50 bits per heavy atom. The van der Waals surface area contributed by atoms with Crippen LogP contribution in [-0.2, 0) is 0 Å². The lowest BCUT2D eigenvalue weighted by molar-refractivity contribution is 0.0905. The van der Waals surface area contributed by atoms with Crippen LogP contribution in [0.25, 0.3) is 0 Å². The van der Waals surface area contributed by atoms with Gasteiger partial charge in [-0.3, -0.25) is 0 Å². The second-order valence-electron chi connectivity index (χ2n) is 6.14. The number of hydrogen-bond acceptors (Lipinski definition) is 1. The van der Waals surface area contributed by atoms with Crippen LogP contribution in [-0.4, -0.2) is 25.5 Å². The maximum atomic E-state index is 2.45. The lowest BCUT2D eigenvalue weighted by Gasteiger charge is -2.42. The van der Waals surface area contributed by atoms with Gasteiger partial charge in [0, 0.05) is 6.54 Å². The molecule has 2 unspecified atom stereocenters. The third kappa shape index (κ3) is 2.50. The van der Waals surface area contributed by atoms with Gasteiger partial charge in [0.05, 0.1) is 0 Å². The molecule has 0 N–H and O–H groups in total. The SMILES string of the molecule is CC1CC2CC(C1)CC(CN(C)C)C2. The third-order valence-electron chi connectivity index (χ3n) is 4.09. The van der Waals surface area contributed by atoms with Crippen molar-refractivity contribution < 1.29 is 0 Å². The molecule has 0 heterocycles. The van der Waals surface area contributed by atoms with Gasteiger partial charge in [-0.2, -0.15) is 0 Å². The Morgan fingerprint density at radius 3 is 2.00 bits per heavy atom. The summed E-state index contributed by atoms with van der Waals surface area (Å²) in [5, 5.41) is 0. The average Bonchev–Trinajstić information content (AvgIpc) is 1.99. The highest BCUT2D eigenvalue weighted by molar-refractivity contribution is 4.86. The van der Waals surface area contributed by atoms with E-state index in [1.807, 2.05) is 0 Å². The fourth-order valence-corrected chi connectivity index (χ4v) is 3.99. The van der Waals surface area contributed by atoms with Gasteiger partial charge in [-0.05, 0) is 69.9 Å². The van der Waals surface area contributed by atoms with Gasteiger partial charge in [-0.15, -0.1) is 0 Å². The minimum Gasteiger partial charge on any atom is -0.309 e. The second-order valence-corrected chi connectivity index (χ2v) is 6.14. The molecule has 1 heteroatoms. The first-order valence-electron chi connectivity index (χ1n) is 6.28. The van der Waals surface area contributed by atoms with Crippen molar-refractivity contribution in [2.75, 3.05) is 20.6 Å². The van der Waals surface area contributed by atoms with E-state index in [9.17, 15) is 0 Å². The van der Waals surface area contributed by atoms with Crippen LogP contribution in [0.3, 0.4) is 0 Å². The van der Waals surface area contributed by atoms with Gasteiger partial charge in [0.25, 0.3) is 0 Å². The summed E-state index contributed by atoms with van der Waals surface area (Å²) in [4.78, 5) is 2.37. The number of rotatable bonds is 2. The number of fused-ring (bicyclic) bond motifs is 2. The quantitative estimate of drug-likeness (QED) is 0.654. The Labute approximate surface area is 88.9 Å². The summed E-state index contributed by atoms with van der Waals surface area (Å²) in [6, 6.07) is 0. The van der Waals surface area contributed by atoms with Crippen molar-refractivity contribution in [1.29, 1.82) is 0 Å². The highest BCUT2D eigenvalue weighted by Crippen LogP contribution is 2.44. The molecule has 0 amide bonds. The molecule has 0 aromatic heterocycles. The Morgan fingerprint density at radius 1 is 0.929 bits per heavy atom. The average molecular weight is 195 g/mol. The van der Waals surface area contributed by atoms with E-state index in [1.54, 1.807) is 6.42 Å². The van der Waals surface area contributed by atoms with E-state index < -0.39 is 0 Å². The summed E-state index contributed by atoms with van der Waals surface area (Å²) >= 11 is 0. The Kier molecular flexibility index (Phi) is 3.16. The fraction of sp³-hybridized carbons (Fsp3) is 1.00. The van der Waals surface area contributed by atoms with Crippen LogP contribution in [0.2, 0.25) is 0 Å². The first-order chi connectivity index (χ1) is 6.63. The van der Waals surface area contributed by atoms with Crippen molar-refractivity contribution in [2.45, 2.75) is 39.0 Å². The molecule has 82 valence electrons. The van der Waals surface area contributed by atoms with Gasteiger partial charge >= 0.3 is 0 Å². The van der Waals surface area contributed by atoms with Crippen molar-refractivity contribution in [3.63, 3.8) is 0 Å². The Balaban J connectivity index is 1.89. The zero-order chi connectivity index (χ0) is 10.1. The van der Waals surface area contributed by atoms with E-state index in [4.69, 9.17) is 0 Å². The standard InChI is InChI=1S/C13H25N/c1-10-4-11-6-12(5-10)8-13(7-11)9-14(2)3/h10-13H,4-9H2,1-3H3. The van der Waals surface area contributed by atoms with Gasteiger partial charge in [0.15, 0.2) is 0 Å². The molecule has 0 aromatic rings. The van der Waals surface area contributed by atoms with E-state index in [1.165, 1.54) is 32.2 Å². The largest absolute Gasteiger partial charge is 0.309 e. The maximum Gasteiger partial charge on any atom is 0.000376 e. The zero-order valence-electron chi connectivity index (χ0n) is 10.00. The lowest BCUT2D eigenvalue weighted by Crippen LogP contribution is -2.34. The number of nitrogens with zero attached hydrogens (tertiary/aromatic N) is 1. The molecule has 1 nitrogen and oxygen atoms in total. The van der Waals surface area contributed by atoms with Gasteiger partial charge < -0.3 is 4.90 Å². The van der Waals surface area contributed by atoms with Crippen LogP contribution in [0.15, 0.2) is 0 Å². The summed E-state index contributed by atoms with van der Waals surface area (Å²) in [6.45, 7) is 3.77. The molecule has 14 heavy (non-hydrogen) atoms. The maximum absolute atomic E-state index is 2.45. The normalized spacial score (nSPS) is 42.9. The summed E-state index contributed by atoms with van der Waals surface area (Å²) in [7, 11) is 4.43. The molecule has 2 bridgehead atoms. The summed E-state index contributed by atoms with van der Waals surface area (Å²) in [5.41, 5.74) is 0. The van der Waals surface area contributed by atoms with Gasteiger partial charge in [-0.25, -0.2) is 0 Å². The summed E-state index contributed by atoms with van der Waals surface area (Å²) in [6.07, 6.45) is 7.60. The minimum absolute atomic E-state index is 1.00. The van der Waals surface area contributed by atoms with Crippen molar-refractivity contribution in [1.82, 2.24) is 4.90 Å². The highest BCUT2D eigenvalue weighted by atomic mass is 15.1. The molecule has 2 atom stereocenters. The topological polar surface area (TPSA) is 3.24 Å². The first-order valence-corrected chi connectivity index (χ1v) is 6.28. The predicted molar refractivity (Wildman–Crippen MR) is 61.3 cm³/mol. The van der Waals surface area contributed by atoms with E-state index >= 15 is 0 Å². The van der Waals surface area contributed by atoms with Crippen molar-refractivity contribution >= 4 is 0 Å². The Hall–Kier alpha value is -0.0400. The van der Waals surface area contributed by atoms with E-state index in [-0.39, 0.29) is 0 Å². The van der Waals surface area contributed by atoms with Gasteiger partial charge in [-0.1, -0.05) is 6.92 Å². The van der Waals surface area contributed by atoms with Crippen LogP contribution in [0, 0.1) is 23.7 Å². The molecule has 2 saturated carbocycles. The molecule has 2 rings (SSSR count). The number of hydrogen-bond donors (Lipinski definition) is 0. The predicted octanol–water partition coefficient (Wildman–Crippen LogP) is 3.01.